The van der Waals surface area contributed by atoms with Gasteiger partial charge in [-0.25, -0.2) is 0 Å². The van der Waals surface area contributed by atoms with Crippen LogP contribution < -0.4 is 11.1 Å². The Labute approximate surface area is 133 Å². The van der Waals surface area contributed by atoms with Crippen molar-refractivity contribution < 1.29 is 14.1 Å². The molecule has 7 nitrogen and oxygen atoms in total. The van der Waals surface area contributed by atoms with Gasteiger partial charge >= 0.3 is 0 Å². The lowest BCUT2D eigenvalue weighted by molar-refractivity contribution is -0.125. The molecule has 23 heavy (non-hydrogen) atoms. The number of aromatic nitrogens is 1. The molecule has 3 rings (SSSR count). The number of carbonyl (C=O) groups is 2. The van der Waals surface area contributed by atoms with Crippen molar-refractivity contribution in [2.75, 3.05) is 11.9 Å². The van der Waals surface area contributed by atoms with Gasteiger partial charge in [-0.3, -0.25) is 14.5 Å². The van der Waals surface area contributed by atoms with Gasteiger partial charge in [-0.1, -0.05) is 29.4 Å². The van der Waals surface area contributed by atoms with Crippen molar-refractivity contribution in [1.29, 1.82) is 0 Å². The highest BCUT2D eigenvalue weighted by atomic mass is 16.5. The van der Waals surface area contributed by atoms with Crippen molar-refractivity contribution >= 4 is 17.6 Å². The summed E-state index contributed by atoms with van der Waals surface area (Å²) in [4.78, 5) is 25.7. The normalized spacial score (nSPS) is 17.5. The largest absolute Gasteiger partial charge is 0.368 e. The number of amides is 2. The summed E-state index contributed by atoms with van der Waals surface area (Å²) in [5.74, 6) is 0.288. The van der Waals surface area contributed by atoms with Crippen molar-refractivity contribution in [2.24, 2.45) is 5.73 Å². The number of hydrogen-bond donors (Lipinski definition) is 2. The van der Waals surface area contributed by atoms with Gasteiger partial charge in [-0.05, 0) is 24.5 Å². The van der Waals surface area contributed by atoms with Gasteiger partial charge in [-0.2, -0.15) is 0 Å². The van der Waals surface area contributed by atoms with Gasteiger partial charge in [0.2, 0.25) is 11.8 Å². The molecule has 1 atom stereocenters. The van der Waals surface area contributed by atoms with Crippen LogP contribution in [0.15, 0.2) is 34.9 Å². The molecule has 0 fully saturated rings. The number of benzene rings is 1. The molecule has 0 bridgehead atoms. The maximum absolute atomic E-state index is 12.2. The molecule has 0 spiro atoms. The summed E-state index contributed by atoms with van der Waals surface area (Å²) >= 11 is 0. The summed E-state index contributed by atoms with van der Waals surface area (Å²) < 4.78 is 4.91. The minimum Gasteiger partial charge on any atom is -0.368 e. The van der Waals surface area contributed by atoms with Gasteiger partial charge in [0.05, 0.1) is 12.6 Å². The van der Waals surface area contributed by atoms with Gasteiger partial charge in [0.1, 0.15) is 5.76 Å². The van der Waals surface area contributed by atoms with E-state index in [1.807, 2.05) is 24.3 Å². The smallest absolute Gasteiger partial charge is 0.239 e. The van der Waals surface area contributed by atoms with Crippen LogP contribution in [0.3, 0.4) is 0 Å². The van der Waals surface area contributed by atoms with E-state index in [1.54, 1.807) is 17.9 Å². The molecule has 3 N–H and O–H groups in total. The summed E-state index contributed by atoms with van der Waals surface area (Å²) in [7, 11) is 0. The van der Waals surface area contributed by atoms with E-state index in [-0.39, 0.29) is 12.5 Å². The summed E-state index contributed by atoms with van der Waals surface area (Å²) in [5, 5.41) is 6.38. The predicted molar refractivity (Wildman–Crippen MR) is 83.4 cm³/mol. The Hall–Kier alpha value is -2.67. The fraction of sp³-hybridized carbons (Fsp3) is 0.312. The van der Waals surface area contributed by atoms with Crippen LogP contribution in [0.1, 0.15) is 16.9 Å². The highest BCUT2D eigenvalue weighted by Gasteiger charge is 2.31. The molecule has 0 saturated carbocycles. The minimum atomic E-state index is -0.491. The third kappa shape index (κ3) is 3.40. The Bertz CT molecular complexity index is 740. The van der Waals surface area contributed by atoms with Gasteiger partial charge in [0.25, 0.3) is 0 Å². The summed E-state index contributed by atoms with van der Waals surface area (Å²) in [6, 6.07) is 9.01. The Balaban J connectivity index is 1.72. The summed E-state index contributed by atoms with van der Waals surface area (Å²) in [6.07, 6.45) is 0.516. The number of anilines is 1. The Kier molecular flexibility index (Phi) is 4.12. The second kappa shape index (κ2) is 6.21. The first kappa shape index (κ1) is 15.2. The van der Waals surface area contributed by atoms with E-state index in [9.17, 15) is 9.59 Å². The first-order valence-corrected chi connectivity index (χ1v) is 7.36. The second-order valence-corrected chi connectivity index (χ2v) is 5.67. The van der Waals surface area contributed by atoms with E-state index < -0.39 is 11.9 Å². The van der Waals surface area contributed by atoms with Crippen LogP contribution in [0.4, 0.5) is 5.82 Å². The molecule has 2 amide bonds. The molecule has 1 aromatic heterocycles. The van der Waals surface area contributed by atoms with Crippen molar-refractivity contribution in [3.63, 3.8) is 0 Å². The first-order valence-electron chi connectivity index (χ1n) is 7.36. The third-order valence-corrected chi connectivity index (χ3v) is 3.92. The van der Waals surface area contributed by atoms with E-state index >= 15 is 0 Å². The number of fused-ring (bicyclic) bond motifs is 1. The maximum Gasteiger partial charge on any atom is 0.239 e. The zero-order valence-corrected chi connectivity index (χ0v) is 12.8. The first-order chi connectivity index (χ1) is 11.0. The molecule has 0 unspecified atom stereocenters. The van der Waals surface area contributed by atoms with Crippen molar-refractivity contribution in [1.82, 2.24) is 10.1 Å². The van der Waals surface area contributed by atoms with Crippen molar-refractivity contribution in [2.45, 2.75) is 25.9 Å². The van der Waals surface area contributed by atoms with E-state index in [1.165, 1.54) is 0 Å². The Morgan fingerprint density at radius 2 is 2.13 bits per heavy atom. The predicted octanol–water partition coefficient (Wildman–Crippen LogP) is 0.834. The quantitative estimate of drug-likeness (QED) is 0.870. The average Bonchev–Trinajstić information content (AvgIpc) is 2.91. The molecule has 0 radical (unpaired) electrons. The summed E-state index contributed by atoms with van der Waals surface area (Å²) in [6.45, 7) is 2.32. The minimum absolute atomic E-state index is 0.0633. The molecule has 0 aliphatic carbocycles. The molecular weight excluding hydrogens is 296 g/mol. The van der Waals surface area contributed by atoms with Crippen LogP contribution in [0.25, 0.3) is 0 Å². The monoisotopic (exact) mass is 314 g/mol. The molecule has 1 aliphatic rings. The number of aryl methyl sites for hydroxylation is 1. The van der Waals surface area contributed by atoms with Gasteiger partial charge in [-0.15, -0.1) is 0 Å². The van der Waals surface area contributed by atoms with Crippen LogP contribution in [0.5, 0.6) is 0 Å². The highest BCUT2D eigenvalue weighted by molar-refractivity contribution is 5.92. The van der Waals surface area contributed by atoms with Gasteiger partial charge in [0, 0.05) is 12.6 Å². The standard InChI is InChI=1S/C16H18N4O3/c1-10-6-14(19-23-10)18-15(21)9-20-8-12-5-3-2-4-11(12)7-13(20)16(17)22/h2-6,13H,7-9H2,1H3,(H2,17,22)(H,18,19,21)/t13-/m0/s1. The molecule has 7 heteroatoms. The number of nitrogens with zero attached hydrogens (tertiary/aromatic N) is 2. The number of hydrogen-bond acceptors (Lipinski definition) is 5. The lowest BCUT2D eigenvalue weighted by atomic mass is 9.93. The number of rotatable bonds is 4. The Morgan fingerprint density at radius 1 is 1.39 bits per heavy atom. The molecule has 2 heterocycles. The van der Waals surface area contributed by atoms with E-state index in [4.69, 9.17) is 10.3 Å². The van der Waals surface area contributed by atoms with Crippen LogP contribution in [0, 0.1) is 6.92 Å². The van der Waals surface area contributed by atoms with Crippen molar-refractivity contribution in [3.05, 3.63) is 47.2 Å². The summed E-state index contributed by atoms with van der Waals surface area (Å²) in [5.41, 5.74) is 7.71. The number of nitrogens with two attached hydrogens (primary N) is 1. The van der Waals surface area contributed by atoms with E-state index in [0.29, 0.717) is 24.5 Å². The number of nitrogens with one attached hydrogen (secondary N) is 1. The number of carbonyl (C=O) groups excluding carboxylic acids is 2. The molecular formula is C16H18N4O3. The van der Waals surface area contributed by atoms with Crippen molar-refractivity contribution in [3.8, 4) is 0 Å². The van der Waals surface area contributed by atoms with E-state index in [2.05, 4.69) is 10.5 Å². The lowest BCUT2D eigenvalue weighted by Crippen LogP contribution is -2.50. The molecule has 1 aromatic carbocycles. The zero-order valence-electron chi connectivity index (χ0n) is 12.8. The molecule has 2 aromatic rings. The fourth-order valence-electron chi connectivity index (χ4n) is 2.82. The third-order valence-electron chi connectivity index (χ3n) is 3.92. The average molecular weight is 314 g/mol. The molecule has 1 aliphatic heterocycles. The van der Waals surface area contributed by atoms with Crippen LogP contribution >= 0.6 is 0 Å². The molecule has 0 saturated heterocycles. The van der Waals surface area contributed by atoms with Gasteiger partial charge < -0.3 is 15.6 Å². The number of primary amides is 1. The van der Waals surface area contributed by atoms with Crippen LogP contribution in [-0.2, 0) is 22.6 Å². The Morgan fingerprint density at radius 3 is 2.78 bits per heavy atom. The topological polar surface area (TPSA) is 101 Å². The van der Waals surface area contributed by atoms with Crippen LogP contribution in [0.2, 0.25) is 0 Å². The zero-order chi connectivity index (χ0) is 16.4. The van der Waals surface area contributed by atoms with Gasteiger partial charge in [0.15, 0.2) is 5.82 Å². The van der Waals surface area contributed by atoms with Crippen LogP contribution in [-0.4, -0.2) is 34.5 Å². The highest BCUT2D eigenvalue weighted by Crippen LogP contribution is 2.23. The SMILES string of the molecule is Cc1cc(NC(=O)CN2Cc3ccccc3C[C@H]2C(N)=O)no1. The maximum atomic E-state index is 12.2. The van der Waals surface area contributed by atoms with E-state index in [0.717, 1.165) is 11.1 Å². The second-order valence-electron chi connectivity index (χ2n) is 5.67. The fourth-order valence-corrected chi connectivity index (χ4v) is 2.82. The molecule has 120 valence electrons. The lowest BCUT2D eigenvalue weighted by Gasteiger charge is -2.34.